The van der Waals surface area contributed by atoms with Crippen LogP contribution in [0.5, 0.6) is 0 Å². The van der Waals surface area contributed by atoms with Crippen LogP contribution in [0.25, 0.3) is 0 Å². The third-order valence-electron chi connectivity index (χ3n) is 6.70. The first kappa shape index (κ1) is 24.0. The first-order valence-corrected chi connectivity index (χ1v) is 12.7. The van der Waals surface area contributed by atoms with Gasteiger partial charge in [0.25, 0.3) is 0 Å². The molecule has 1 rings (SSSR count). The van der Waals surface area contributed by atoms with Gasteiger partial charge < -0.3 is 4.48 Å². The zero-order chi connectivity index (χ0) is 18.8. The van der Waals surface area contributed by atoms with Gasteiger partial charge in [0, 0.05) is 12.8 Å². The SMILES string of the molecule is CCCCCCCCCCCCCCCCCC[N+]1(CCC)CCCC1. The topological polar surface area (TPSA) is 0 Å². The molecule has 1 aliphatic heterocycles. The van der Waals surface area contributed by atoms with Crippen LogP contribution in [-0.2, 0) is 0 Å². The Hall–Kier alpha value is -0.0400. The van der Waals surface area contributed by atoms with Gasteiger partial charge in [0.1, 0.15) is 0 Å². The Kier molecular flexibility index (Phi) is 15.8. The van der Waals surface area contributed by atoms with Gasteiger partial charge in [-0.1, -0.05) is 104 Å². The van der Waals surface area contributed by atoms with Crippen LogP contribution in [0.15, 0.2) is 0 Å². The standard InChI is InChI=1S/C25H52N/c1-3-5-6-7-8-9-10-11-12-13-14-15-16-17-18-19-23-26(22-4-2)24-20-21-25-26/h3-25H2,1-2H3/q+1. The summed E-state index contributed by atoms with van der Waals surface area (Å²) in [5, 5.41) is 0. The van der Waals surface area contributed by atoms with E-state index in [4.69, 9.17) is 0 Å². The molecule has 0 aromatic rings. The summed E-state index contributed by atoms with van der Waals surface area (Å²) < 4.78 is 1.47. The van der Waals surface area contributed by atoms with Gasteiger partial charge in [0.05, 0.1) is 26.2 Å². The highest BCUT2D eigenvalue weighted by Crippen LogP contribution is 2.22. The molecule has 1 heteroatoms. The molecule has 0 radical (unpaired) electrons. The van der Waals surface area contributed by atoms with Crippen molar-refractivity contribution in [1.29, 1.82) is 0 Å². The summed E-state index contributed by atoms with van der Waals surface area (Å²) in [6.07, 6.45) is 28.0. The number of nitrogens with zero attached hydrogens (tertiary/aromatic N) is 1. The van der Waals surface area contributed by atoms with Gasteiger partial charge >= 0.3 is 0 Å². The molecule has 1 saturated heterocycles. The number of unbranched alkanes of at least 4 members (excludes halogenated alkanes) is 15. The largest absolute Gasteiger partial charge is 0.324 e. The second kappa shape index (κ2) is 17.1. The van der Waals surface area contributed by atoms with Crippen molar-refractivity contribution >= 4 is 0 Å². The van der Waals surface area contributed by atoms with Gasteiger partial charge in [-0.2, -0.15) is 0 Å². The lowest BCUT2D eigenvalue weighted by Crippen LogP contribution is -2.46. The maximum atomic E-state index is 2.37. The molecular weight excluding hydrogens is 314 g/mol. The highest BCUT2D eigenvalue weighted by atomic mass is 15.4. The molecule has 0 aliphatic carbocycles. The van der Waals surface area contributed by atoms with Crippen molar-refractivity contribution in [2.24, 2.45) is 0 Å². The van der Waals surface area contributed by atoms with E-state index in [9.17, 15) is 0 Å². The van der Waals surface area contributed by atoms with Crippen LogP contribution in [0, 0.1) is 0 Å². The summed E-state index contributed by atoms with van der Waals surface area (Å²) in [5.41, 5.74) is 0. The molecular formula is C25H52N+. The van der Waals surface area contributed by atoms with E-state index in [1.165, 1.54) is 153 Å². The van der Waals surface area contributed by atoms with Crippen LogP contribution in [0.1, 0.15) is 136 Å². The Morgan fingerprint density at radius 3 is 1.19 bits per heavy atom. The van der Waals surface area contributed by atoms with E-state index in [1.54, 1.807) is 0 Å². The average Bonchev–Trinajstić information content (AvgIpc) is 3.10. The normalized spacial score (nSPS) is 16.4. The van der Waals surface area contributed by atoms with E-state index < -0.39 is 0 Å². The van der Waals surface area contributed by atoms with Gasteiger partial charge in [-0.3, -0.25) is 0 Å². The van der Waals surface area contributed by atoms with Crippen LogP contribution < -0.4 is 0 Å². The number of hydrogen-bond donors (Lipinski definition) is 0. The molecule has 1 aliphatic rings. The van der Waals surface area contributed by atoms with Gasteiger partial charge in [-0.15, -0.1) is 0 Å². The van der Waals surface area contributed by atoms with Crippen molar-refractivity contribution in [3.05, 3.63) is 0 Å². The fraction of sp³-hybridized carbons (Fsp3) is 1.00. The maximum absolute atomic E-state index is 2.37. The summed E-state index contributed by atoms with van der Waals surface area (Å²) in [6.45, 7) is 10.6. The van der Waals surface area contributed by atoms with Crippen molar-refractivity contribution in [2.45, 2.75) is 136 Å². The third-order valence-corrected chi connectivity index (χ3v) is 6.70. The predicted molar refractivity (Wildman–Crippen MR) is 119 cm³/mol. The fourth-order valence-corrected chi connectivity index (χ4v) is 5.03. The lowest BCUT2D eigenvalue weighted by Gasteiger charge is -2.34. The minimum Gasteiger partial charge on any atom is -0.324 e. The zero-order valence-corrected chi connectivity index (χ0v) is 18.7. The number of likely N-dealkylation sites (tertiary alicyclic amines) is 1. The molecule has 1 fully saturated rings. The minimum absolute atomic E-state index is 1.37. The number of hydrogen-bond acceptors (Lipinski definition) is 0. The highest BCUT2D eigenvalue weighted by molar-refractivity contribution is 4.56. The summed E-state index contributed by atoms with van der Waals surface area (Å²) in [7, 11) is 0. The predicted octanol–water partition coefficient (Wildman–Crippen LogP) is 8.27. The van der Waals surface area contributed by atoms with Crippen LogP contribution in [-0.4, -0.2) is 30.7 Å². The molecule has 0 N–H and O–H groups in total. The third kappa shape index (κ3) is 12.4. The van der Waals surface area contributed by atoms with E-state index >= 15 is 0 Å². The molecule has 1 nitrogen and oxygen atoms in total. The molecule has 0 unspecified atom stereocenters. The lowest BCUT2D eigenvalue weighted by molar-refractivity contribution is -0.917. The molecule has 0 spiro atoms. The number of quaternary nitrogens is 1. The second-order valence-electron chi connectivity index (χ2n) is 9.25. The number of rotatable bonds is 19. The molecule has 156 valence electrons. The van der Waals surface area contributed by atoms with Crippen molar-refractivity contribution in [3.63, 3.8) is 0 Å². The first-order valence-electron chi connectivity index (χ1n) is 12.7. The zero-order valence-electron chi connectivity index (χ0n) is 18.7. The quantitative estimate of drug-likeness (QED) is 0.159. The van der Waals surface area contributed by atoms with E-state index in [0.717, 1.165) is 0 Å². The summed E-state index contributed by atoms with van der Waals surface area (Å²) >= 11 is 0. The van der Waals surface area contributed by atoms with Gasteiger partial charge in [-0.05, 0) is 19.3 Å². The summed E-state index contributed by atoms with van der Waals surface area (Å²) in [4.78, 5) is 0. The lowest BCUT2D eigenvalue weighted by atomic mass is 10.0. The van der Waals surface area contributed by atoms with E-state index in [-0.39, 0.29) is 0 Å². The molecule has 0 amide bonds. The smallest absolute Gasteiger partial charge is 0.0788 e. The molecule has 0 saturated carbocycles. The first-order chi connectivity index (χ1) is 12.8. The molecule has 0 bridgehead atoms. The molecule has 0 aromatic carbocycles. The summed E-state index contributed by atoms with van der Waals surface area (Å²) in [5.74, 6) is 0. The monoisotopic (exact) mass is 366 g/mol. The van der Waals surface area contributed by atoms with Gasteiger partial charge in [0.2, 0.25) is 0 Å². The molecule has 26 heavy (non-hydrogen) atoms. The molecule has 0 aromatic heterocycles. The molecule has 0 atom stereocenters. The Morgan fingerprint density at radius 1 is 0.423 bits per heavy atom. The summed E-state index contributed by atoms with van der Waals surface area (Å²) in [6, 6.07) is 0. The van der Waals surface area contributed by atoms with E-state index in [2.05, 4.69) is 13.8 Å². The van der Waals surface area contributed by atoms with Crippen molar-refractivity contribution in [2.75, 3.05) is 26.2 Å². The maximum Gasteiger partial charge on any atom is 0.0788 e. The van der Waals surface area contributed by atoms with Gasteiger partial charge in [0.15, 0.2) is 0 Å². The van der Waals surface area contributed by atoms with Crippen LogP contribution >= 0.6 is 0 Å². The Morgan fingerprint density at radius 2 is 0.808 bits per heavy atom. The molecule has 1 heterocycles. The Balaban J connectivity index is 1.77. The highest BCUT2D eigenvalue weighted by Gasteiger charge is 2.29. The average molecular weight is 367 g/mol. The van der Waals surface area contributed by atoms with Gasteiger partial charge in [-0.25, -0.2) is 0 Å². The van der Waals surface area contributed by atoms with Crippen LogP contribution in [0.3, 0.4) is 0 Å². The van der Waals surface area contributed by atoms with Crippen molar-refractivity contribution in [1.82, 2.24) is 0 Å². The Bertz CT molecular complexity index is 280. The minimum atomic E-state index is 1.37. The van der Waals surface area contributed by atoms with E-state index in [0.29, 0.717) is 0 Å². The fourth-order valence-electron chi connectivity index (χ4n) is 5.03. The van der Waals surface area contributed by atoms with Crippen molar-refractivity contribution in [3.8, 4) is 0 Å². The van der Waals surface area contributed by atoms with Crippen LogP contribution in [0.4, 0.5) is 0 Å². The van der Waals surface area contributed by atoms with Crippen molar-refractivity contribution < 1.29 is 4.48 Å². The van der Waals surface area contributed by atoms with E-state index in [1.807, 2.05) is 0 Å². The second-order valence-corrected chi connectivity index (χ2v) is 9.25. The van der Waals surface area contributed by atoms with Crippen LogP contribution in [0.2, 0.25) is 0 Å². The Labute approximate surface area is 166 Å².